The standard InChI is InChI=1S/C18H21N3/c1-12-6-4-8-15(14(12)3)17-16(9-10-19)21-11-5-7-13(2)18(21)20-17/h4-8,11H,9-10,19H2,1-3H3. The van der Waals surface area contributed by atoms with E-state index in [4.69, 9.17) is 10.7 Å². The van der Waals surface area contributed by atoms with Crippen LogP contribution in [0.5, 0.6) is 0 Å². The first-order valence-electron chi connectivity index (χ1n) is 7.36. The van der Waals surface area contributed by atoms with Crippen molar-refractivity contribution >= 4 is 5.65 Å². The highest BCUT2D eigenvalue weighted by Crippen LogP contribution is 2.29. The van der Waals surface area contributed by atoms with E-state index in [9.17, 15) is 0 Å². The molecule has 0 unspecified atom stereocenters. The number of nitrogens with two attached hydrogens (primary N) is 1. The predicted molar refractivity (Wildman–Crippen MR) is 87.6 cm³/mol. The maximum atomic E-state index is 5.82. The number of fused-ring (bicyclic) bond motifs is 1. The molecule has 1 aromatic carbocycles. The number of aromatic nitrogens is 2. The zero-order chi connectivity index (χ0) is 15.0. The van der Waals surface area contributed by atoms with Crippen LogP contribution >= 0.6 is 0 Å². The Hall–Kier alpha value is -2.13. The van der Waals surface area contributed by atoms with E-state index in [0.29, 0.717) is 6.54 Å². The normalized spacial score (nSPS) is 11.2. The lowest BCUT2D eigenvalue weighted by Crippen LogP contribution is -2.06. The molecule has 2 N–H and O–H groups in total. The molecule has 0 amide bonds. The minimum absolute atomic E-state index is 0.625. The fraction of sp³-hybridized carbons (Fsp3) is 0.278. The third kappa shape index (κ3) is 2.24. The van der Waals surface area contributed by atoms with Gasteiger partial charge in [-0.05, 0) is 50.1 Å². The highest BCUT2D eigenvalue weighted by Gasteiger charge is 2.16. The number of hydrogen-bond donors (Lipinski definition) is 1. The molecular formula is C18H21N3. The van der Waals surface area contributed by atoms with Crippen LogP contribution in [0.3, 0.4) is 0 Å². The zero-order valence-electron chi connectivity index (χ0n) is 12.9. The quantitative estimate of drug-likeness (QED) is 0.798. The molecule has 0 aliphatic heterocycles. The van der Waals surface area contributed by atoms with Crippen molar-refractivity contribution in [3.63, 3.8) is 0 Å². The lowest BCUT2D eigenvalue weighted by molar-refractivity contribution is 0.905. The van der Waals surface area contributed by atoms with Crippen molar-refractivity contribution in [2.45, 2.75) is 27.2 Å². The van der Waals surface area contributed by atoms with E-state index < -0.39 is 0 Å². The van der Waals surface area contributed by atoms with Crippen LogP contribution in [0.25, 0.3) is 16.9 Å². The van der Waals surface area contributed by atoms with Crippen molar-refractivity contribution in [2.24, 2.45) is 5.73 Å². The van der Waals surface area contributed by atoms with Gasteiger partial charge in [0.25, 0.3) is 0 Å². The van der Waals surface area contributed by atoms with Crippen LogP contribution < -0.4 is 5.73 Å². The molecule has 0 fully saturated rings. The Bertz CT molecular complexity index is 800. The lowest BCUT2D eigenvalue weighted by atomic mass is 9.99. The van der Waals surface area contributed by atoms with Crippen molar-refractivity contribution in [1.82, 2.24) is 9.38 Å². The van der Waals surface area contributed by atoms with E-state index in [2.05, 4.69) is 61.7 Å². The van der Waals surface area contributed by atoms with Gasteiger partial charge in [-0.2, -0.15) is 0 Å². The molecule has 3 nitrogen and oxygen atoms in total. The molecular weight excluding hydrogens is 258 g/mol. The molecule has 0 saturated carbocycles. The summed E-state index contributed by atoms with van der Waals surface area (Å²) in [5.41, 5.74) is 14.1. The van der Waals surface area contributed by atoms with Gasteiger partial charge in [-0.1, -0.05) is 24.3 Å². The van der Waals surface area contributed by atoms with Gasteiger partial charge in [0, 0.05) is 18.2 Å². The molecule has 0 radical (unpaired) electrons. The molecule has 108 valence electrons. The lowest BCUT2D eigenvalue weighted by Gasteiger charge is -2.08. The Morgan fingerprint density at radius 2 is 1.81 bits per heavy atom. The molecule has 0 spiro atoms. The third-order valence-electron chi connectivity index (χ3n) is 4.18. The smallest absolute Gasteiger partial charge is 0.140 e. The summed E-state index contributed by atoms with van der Waals surface area (Å²) in [7, 11) is 0. The van der Waals surface area contributed by atoms with Crippen LogP contribution in [0, 0.1) is 20.8 Å². The van der Waals surface area contributed by atoms with Gasteiger partial charge < -0.3 is 10.1 Å². The summed E-state index contributed by atoms with van der Waals surface area (Å²) < 4.78 is 2.18. The van der Waals surface area contributed by atoms with E-state index in [-0.39, 0.29) is 0 Å². The van der Waals surface area contributed by atoms with Gasteiger partial charge in [0.1, 0.15) is 5.65 Å². The van der Waals surface area contributed by atoms with Gasteiger partial charge in [0.15, 0.2) is 0 Å². The molecule has 0 saturated heterocycles. The second-order valence-electron chi connectivity index (χ2n) is 5.58. The summed E-state index contributed by atoms with van der Waals surface area (Å²) in [6, 6.07) is 10.6. The minimum Gasteiger partial charge on any atom is -0.330 e. The SMILES string of the molecule is Cc1cccc(-c2nc3c(C)cccn3c2CCN)c1C. The Morgan fingerprint density at radius 1 is 1.05 bits per heavy atom. The van der Waals surface area contributed by atoms with Crippen LogP contribution in [-0.2, 0) is 6.42 Å². The largest absolute Gasteiger partial charge is 0.330 e. The summed E-state index contributed by atoms with van der Waals surface area (Å²) in [4.78, 5) is 4.91. The summed E-state index contributed by atoms with van der Waals surface area (Å²) in [5.74, 6) is 0. The number of nitrogens with zero attached hydrogens (tertiary/aromatic N) is 2. The van der Waals surface area contributed by atoms with Crippen LogP contribution in [0.2, 0.25) is 0 Å². The molecule has 0 bridgehead atoms. The van der Waals surface area contributed by atoms with Crippen molar-refractivity contribution in [2.75, 3.05) is 6.54 Å². The molecule has 3 heteroatoms. The first kappa shape index (κ1) is 13.8. The van der Waals surface area contributed by atoms with E-state index in [1.54, 1.807) is 0 Å². The van der Waals surface area contributed by atoms with Crippen molar-refractivity contribution < 1.29 is 0 Å². The Balaban J connectivity index is 2.33. The van der Waals surface area contributed by atoms with Crippen LogP contribution in [0.15, 0.2) is 36.5 Å². The molecule has 0 aliphatic carbocycles. The van der Waals surface area contributed by atoms with Crippen molar-refractivity contribution in [3.8, 4) is 11.3 Å². The maximum Gasteiger partial charge on any atom is 0.140 e. The number of imidazole rings is 1. The van der Waals surface area contributed by atoms with Crippen LogP contribution in [0.1, 0.15) is 22.4 Å². The minimum atomic E-state index is 0.625. The second kappa shape index (κ2) is 5.34. The fourth-order valence-electron chi connectivity index (χ4n) is 2.85. The summed E-state index contributed by atoms with van der Waals surface area (Å²) in [6.45, 7) is 7.03. The third-order valence-corrected chi connectivity index (χ3v) is 4.18. The van der Waals surface area contributed by atoms with Crippen LogP contribution in [0.4, 0.5) is 0 Å². The number of benzene rings is 1. The highest BCUT2D eigenvalue weighted by atomic mass is 15.0. The number of rotatable bonds is 3. The molecule has 3 rings (SSSR count). The number of pyridine rings is 1. The number of hydrogen-bond acceptors (Lipinski definition) is 2. The average Bonchev–Trinajstić information content (AvgIpc) is 2.83. The van der Waals surface area contributed by atoms with E-state index in [1.165, 1.54) is 27.9 Å². The predicted octanol–water partition coefficient (Wildman–Crippen LogP) is 3.43. The molecule has 2 aromatic heterocycles. The molecule has 2 heterocycles. The van der Waals surface area contributed by atoms with Crippen LogP contribution in [-0.4, -0.2) is 15.9 Å². The van der Waals surface area contributed by atoms with E-state index in [1.807, 2.05) is 0 Å². The summed E-state index contributed by atoms with van der Waals surface area (Å²) in [6.07, 6.45) is 2.91. The zero-order valence-corrected chi connectivity index (χ0v) is 12.9. The van der Waals surface area contributed by atoms with Gasteiger partial charge in [0.2, 0.25) is 0 Å². The van der Waals surface area contributed by atoms with Crippen molar-refractivity contribution in [1.29, 1.82) is 0 Å². The first-order valence-corrected chi connectivity index (χ1v) is 7.36. The molecule has 21 heavy (non-hydrogen) atoms. The highest BCUT2D eigenvalue weighted by molar-refractivity contribution is 5.71. The van der Waals surface area contributed by atoms with E-state index >= 15 is 0 Å². The molecule has 0 aliphatic rings. The second-order valence-corrected chi connectivity index (χ2v) is 5.58. The monoisotopic (exact) mass is 279 g/mol. The van der Waals surface area contributed by atoms with E-state index in [0.717, 1.165) is 17.8 Å². The van der Waals surface area contributed by atoms with Gasteiger partial charge in [-0.3, -0.25) is 0 Å². The maximum absolute atomic E-state index is 5.82. The molecule has 3 aromatic rings. The van der Waals surface area contributed by atoms with Gasteiger partial charge in [-0.25, -0.2) is 4.98 Å². The van der Waals surface area contributed by atoms with Gasteiger partial charge >= 0.3 is 0 Å². The fourth-order valence-corrected chi connectivity index (χ4v) is 2.85. The Labute approximate surface area is 125 Å². The summed E-state index contributed by atoms with van der Waals surface area (Å²) in [5, 5.41) is 0. The Kier molecular flexibility index (Phi) is 3.52. The topological polar surface area (TPSA) is 43.3 Å². The van der Waals surface area contributed by atoms with Gasteiger partial charge in [-0.15, -0.1) is 0 Å². The average molecular weight is 279 g/mol. The number of aryl methyl sites for hydroxylation is 2. The van der Waals surface area contributed by atoms with Crippen molar-refractivity contribution in [3.05, 3.63) is 58.9 Å². The van der Waals surface area contributed by atoms with Gasteiger partial charge in [0.05, 0.1) is 11.4 Å². The molecule has 0 atom stereocenters. The Morgan fingerprint density at radius 3 is 2.57 bits per heavy atom. The summed E-state index contributed by atoms with van der Waals surface area (Å²) >= 11 is 0. The first-order chi connectivity index (χ1) is 10.1.